The smallest absolute Gasteiger partial charge is 0.123 e. The molecule has 98 valence electrons. The monoisotopic (exact) mass is 317 g/mol. The molecule has 0 radical (unpaired) electrons. The molecule has 1 aliphatic rings. The third kappa shape index (κ3) is 2.47. The fourth-order valence-electron chi connectivity index (χ4n) is 2.65. The van der Waals surface area contributed by atoms with Crippen LogP contribution in [0.25, 0.3) is 0 Å². The SMILES string of the molecule is COc1ccc(Br)cc1CN1CCc2ccccc21. The summed E-state index contributed by atoms with van der Waals surface area (Å²) in [6.07, 6.45) is 1.13. The molecule has 0 bridgehead atoms. The Hall–Kier alpha value is -1.48. The number of benzene rings is 2. The second kappa shape index (κ2) is 5.25. The minimum absolute atomic E-state index is 0.889. The summed E-state index contributed by atoms with van der Waals surface area (Å²) in [5.41, 5.74) is 4.01. The minimum atomic E-state index is 0.889. The highest BCUT2D eigenvalue weighted by molar-refractivity contribution is 9.10. The zero-order chi connectivity index (χ0) is 13.2. The first-order valence-corrected chi connectivity index (χ1v) is 7.22. The average molecular weight is 318 g/mol. The Bertz CT molecular complexity index is 597. The molecule has 19 heavy (non-hydrogen) atoms. The van der Waals surface area contributed by atoms with E-state index in [2.05, 4.69) is 51.2 Å². The fraction of sp³-hybridized carbons (Fsp3) is 0.250. The lowest BCUT2D eigenvalue weighted by Gasteiger charge is -2.21. The van der Waals surface area contributed by atoms with Gasteiger partial charge in [0, 0.05) is 28.8 Å². The molecule has 0 saturated carbocycles. The van der Waals surface area contributed by atoms with Crippen molar-refractivity contribution in [1.82, 2.24) is 0 Å². The van der Waals surface area contributed by atoms with Crippen molar-refractivity contribution in [2.75, 3.05) is 18.6 Å². The summed E-state index contributed by atoms with van der Waals surface area (Å²) in [5.74, 6) is 0.951. The first kappa shape index (κ1) is 12.5. The maximum Gasteiger partial charge on any atom is 0.123 e. The van der Waals surface area contributed by atoms with Crippen LogP contribution in [0.15, 0.2) is 46.9 Å². The molecule has 3 rings (SSSR count). The van der Waals surface area contributed by atoms with Crippen LogP contribution in [0, 0.1) is 0 Å². The van der Waals surface area contributed by atoms with Gasteiger partial charge < -0.3 is 9.64 Å². The zero-order valence-corrected chi connectivity index (χ0v) is 12.5. The van der Waals surface area contributed by atoms with Gasteiger partial charge in [-0.3, -0.25) is 0 Å². The molecule has 2 aromatic carbocycles. The summed E-state index contributed by atoms with van der Waals surface area (Å²) >= 11 is 3.53. The van der Waals surface area contributed by atoms with E-state index in [1.807, 2.05) is 12.1 Å². The summed E-state index contributed by atoms with van der Waals surface area (Å²) in [7, 11) is 1.73. The van der Waals surface area contributed by atoms with E-state index in [-0.39, 0.29) is 0 Å². The van der Waals surface area contributed by atoms with E-state index in [4.69, 9.17) is 4.74 Å². The van der Waals surface area contributed by atoms with Gasteiger partial charge in [0.15, 0.2) is 0 Å². The van der Waals surface area contributed by atoms with E-state index in [9.17, 15) is 0 Å². The maximum absolute atomic E-state index is 5.45. The van der Waals surface area contributed by atoms with E-state index in [1.165, 1.54) is 16.8 Å². The standard InChI is InChI=1S/C16H16BrNO/c1-19-16-7-6-14(17)10-13(16)11-18-9-8-12-4-2-3-5-15(12)18/h2-7,10H,8-9,11H2,1H3. The summed E-state index contributed by atoms with van der Waals surface area (Å²) in [6.45, 7) is 1.97. The molecule has 0 aliphatic carbocycles. The van der Waals surface area contributed by atoms with Crippen LogP contribution in [-0.4, -0.2) is 13.7 Å². The lowest BCUT2D eigenvalue weighted by molar-refractivity contribution is 0.409. The van der Waals surface area contributed by atoms with Crippen molar-refractivity contribution in [1.29, 1.82) is 0 Å². The predicted octanol–water partition coefficient (Wildman–Crippen LogP) is 4.02. The van der Waals surface area contributed by atoms with Gasteiger partial charge in [-0.1, -0.05) is 34.1 Å². The molecule has 0 amide bonds. The normalized spacial score (nSPS) is 13.5. The molecule has 2 aromatic rings. The zero-order valence-electron chi connectivity index (χ0n) is 10.9. The van der Waals surface area contributed by atoms with Crippen LogP contribution >= 0.6 is 15.9 Å². The molecule has 1 heterocycles. The Morgan fingerprint density at radius 3 is 2.89 bits per heavy atom. The molecule has 0 aromatic heterocycles. The van der Waals surface area contributed by atoms with Gasteiger partial charge in [0.25, 0.3) is 0 Å². The summed E-state index contributed by atoms with van der Waals surface area (Å²) in [6, 6.07) is 14.8. The molecular weight excluding hydrogens is 302 g/mol. The Morgan fingerprint density at radius 1 is 1.21 bits per heavy atom. The van der Waals surface area contributed by atoms with E-state index < -0.39 is 0 Å². The van der Waals surface area contributed by atoms with Gasteiger partial charge in [0.2, 0.25) is 0 Å². The number of fused-ring (bicyclic) bond motifs is 1. The second-order valence-electron chi connectivity index (χ2n) is 4.76. The van der Waals surface area contributed by atoms with Gasteiger partial charge in [-0.25, -0.2) is 0 Å². The maximum atomic E-state index is 5.45. The molecule has 1 aliphatic heterocycles. The number of methoxy groups -OCH3 is 1. The van der Waals surface area contributed by atoms with Crippen LogP contribution in [0.1, 0.15) is 11.1 Å². The van der Waals surface area contributed by atoms with Gasteiger partial charge in [0.1, 0.15) is 5.75 Å². The van der Waals surface area contributed by atoms with Crippen molar-refractivity contribution in [2.45, 2.75) is 13.0 Å². The number of rotatable bonds is 3. The van der Waals surface area contributed by atoms with Gasteiger partial charge in [0.05, 0.1) is 7.11 Å². The lowest BCUT2D eigenvalue weighted by atomic mass is 10.1. The van der Waals surface area contributed by atoms with Crippen LogP contribution in [0.5, 0.6) is 5.75 Å². The first-order chi connectivity index (χ1) is 9.28. The molecule has 0 saturated heterocycles. The second-order valence-corrected chi connectivity index (χ2v) is 5.67. The van der Waals surface area contributed by atoms with E-state index in [0.29, 0.717) is 0 Å². The van der Waals surface area contributed by atoms with Crippen LogP contribution in [0.4, 0.5) is 5.69 Å². The summed E-state index contributed by atoms with van der Waals surface area (Å²) in [5, 5.41) is 0. The van der Waals surface area contributed by atoms with Crippen molar-refractivity contribution >= 4 is 21.6 Å². The van der Waals surface area contributed by atoms with Crippen LogP contribution < -0.4 is 9.64 Å². The number of anilines is 1. The van der Waals surface area contributed by atoms with Gasteiger partial charge in [-0.2, -0.15) is 0 Å². The summed E-state index contributed by atoms with van der Waals surface area (Å²) in [4.78, 5) is 2.42. The average Bonchev–Trinajstić information content (AvgIpc) is 2.83. The molecule has 0 N–H and O–H groups in total. The summed E-state index contributed by atoms with van der Waals surface area (Å²) < 4.78 is 6.54. The molecule has 0 unspecified atom stereocenters. The van der Waals surface area contributed by atoms with Crippen molar-refractivity contribution < 1.29 is 4.74 Å². The number of nitrogens with zero attached hydrogens (tertiary/aromatic N) is 1. The Morgan fingerprint density at radius 2 is 2.05 bits per heavy atom. The minimum Gasteiger partial charge on any atom is -0.496 e. The highest BCUT2D eigenvalue weighted by Crippen LogP contribution is 2.31. The van der Waals surface area contributed by atoms with Crippen LogP contribution in [0.3, 0.4) is 0 Å². The van der Waals surface area contributed by atoms with Gasteiger partial charge in [-0.05, 0) is 36.2 Å². The molecule has 2 nitrogen and oxygen atoms in total. The van der Waals surface area contributed by atoms with Crippen molar-refractivity contribution in [3.63, 3.8) is 0 Å². The highest BCUT2D eigenvalue weighted by atomic mass is 79.9. The number of hydrogen-bond acceptors (Lipinski definition) is 2. The Kier molecular flexibility index (Phi) is 3.47. The van der Waals surface area contributed by atoms with Crippen molar-refractivity contribution in [3.05, 3.63) is 58.1 Å². The van der Waals surface area contributed by atoms with E-state index >= 15 is 0 Å². The molecule has 0 atom stereocenters. The topological polar surface area (TPSA) is 12.5 Å². The highest BCUT2D eigenvalue weighted by Gasteiger charge is 2.19. The third-order valence-electron chi connectivity index (χ3n) is 3.59. The number of halogens is 1. The molecule has 0 fully saturated rings. The number of hydrogen-bond donors (Lipinski definition) is 0. The van der Waals surface area contributed by atoms with Crippen molar-refractivity contribution in [2.24, 2.45) is 0 Å². The lowest BCUT2D eigenvalue weighted by Crippen LogP contribution is -2.20. The van der Waals surface area contributed by atoms with E-state index in [0.717, 1.165) is 29.7 Å². The fourth-order valence-corrected chi connectivity index (χ4v) is 3.06. The van der Waals surface area contributed by atoms with Gasteiger partial charge >= 0.3 is 0 Å². The third-order valence-corrected chi connectivity index (χ3v) is 4.08. The first-order valence-electron chi connectivity index (χ1n) is 6.43. The Balaban J connectivity index is 1.89. The number of para-hydroxylation sites is 1. The van der Waals surface area contributed by atoms with Crippen molar-refractivity contribution in [3.8, 4) is 5.75 Å². The number of ether oxygens (including phenoxy) is 1. The van der Waals surface area contributed by atoms with Crippen LogP contribution in [-0.2, 0) is 13.0 Å². The Labute approximate surface area is 122 Å². The van der Waals surface area contributed by atoms with E-state index in [1.54, 1.807) is 7.11 Å². The van der Waals surface area contributed by atoms with Crippen LogP contribution in [0.2, 0.25) is 0 Å². The largest absolute Gasteiger partial charge is 0.496 e. The molecule has 0 spiro atoms. The molecular formula is C16H16BrNO. The molecule has 3 heteroatoms. The predicted molar refractivity (Wildman–Crippen MR) is 81.9 cm³/mol. The quantitative estimate of drug-likeness (QED) is 0.847. The van der Waals surface area contributed by atoms with Gasteiger partial charge in [-0.15, -0.1) is 0 Å².